The molecule has 0 spiro atoms. The molecule has 200 valence electrons. The van der Waals surface area contributed by atoms with Gasteiger partial charge < -0.3 is 25.8 Å². The van der Waals surface area contributed by atoms with Crippen molar-refractivity contribution in [1.29, 1.82) is 0 Å². The summed E-state index contributed by atoms with van der Waals surface area (Å²) in [4.78, 5) is 50.6. The lowest BCUT2D eigenvalue weighted by Crippen LogP contribution is -2.58. The van der Waals surface area contributed by atoms with Gasteiger partial charge in [0.2, 0.25) is 11.8 Å². The van der Waals surface area contributed by atoms with Gasteiger partial charge in [0.15, 0.2) is 0 Å². The minimum atomic E-state index is -1.14. The molecule has 3 amide bonds. The number of benzene rings is 2. The van der Waals surface area contributed by atoms with E-state index in [1.54, 1.807) is 20.8 Å². The summed E-state index contributed by atoms with van der Waals surface area (Å²) in [7, 11) is 0. The van der Waals surface area contributed by atoms with E-state index in [2.05, 4.69) is 16.0 Å². The summed E-state index contributed by atoms with van der Waals surface area (Å²) < 4.78 is 5.29. The lowest BCUT2D eigenvalue weighted by Gasteiger charge is -2.28. The van der Waals surface area contributed by atoms with Gasteiger partial charge >= 0.3 is 12.1 Å². The van der Waals surface area contributed by atoms with Crippen LogP contribution in [0.2, 0.25) is 0 Å². The Morgan fingerprint density at radius 3 is 1.84 bits per heavy atom. The van der Waals surface area contributed by atoms with Crippen molar-refractivity contribution < 1.29 is 29.0 Å². The molecule has 0 radical (unpaired) electrons. The first kappa shape index (κ1) is 29.4. The number of amides is 3. The Hall–Kier alpha value is -3.88. The van der Waals surface area contributed by atoms with Crippen LogP contribution in [0.4, 0.5) is 4.79 Å². The van der Waals surface area contributed by atoms with E-state index in [4.69, 9.17) is 4.74 Å². The maximum atomic E-state index is 13.3. The minimum Gasteiger partial charge on any atom is -0.480 e. The largest absolute Gasteiger partial charge is 0.480 e. The van der Waals surface area contributed by atoms with E-state index < -0.39 is 42.0 Å². The van der Waals surface area contributed by atoms with Crippen LogP contribution >= 0.6 is 0 Å². The smallest absolute Gasteiger partial charge is 0.408 e. The van der Waals surface area contributed by atoms with Crippen molar-refractivity contribution in [2.75, 3.05) is 0 Å². The van der Waals surface area contributed by atoms with E-state index in [9.17, 15) is 24.3 Å². The second kappa shape index (κ2) is 14.6. The number of ether oxygens (including phenoxy) is 1. The molecule has 2 aromatic rings. The van der Waals surface area contributed by atoms with Gasteiger partial charge in [-0.3, -0.25) is 9.59 Å². The molecule has 0 heterocycles. The highest BCUT2D eigenvalue weighted by atomic mass is 16.5. The summed E-state index contributed by atoms with van der Waals surface area (Å²) in [6, 6.07) is 15.2. The molecule has 0 fully saturated rings. The van der Waals surface area contributed by atoms with Crippen molar-refractivity contribution in [2.45, 2.75) is 65.3 Å². The van der Waals surface area contributed by atoms with E-state index >= 15 is 0 Å². The summed E-state index contributed by atoms with van der Waals surface area (Å²) in [5.74, 6) is -2.94. The predicted octanol–water partition coefficient (Wildman–Crippen LogP) is 3.28. The summed E-state index contributed by atoms with van der Waals surface area (Å²) in [5.41, 5.74) is 1.60. The SMILES string of the molecule is CCC(C)C(NC(=O)[C@@H](NC(=O)[C@H](Cc1ccccc1)NC(=O)OCc1ccccc1)C(C)C)C(=O)O. The first-order chi connectivity index (χ1) is 17.6. The molecule has 4 N–H and O–H groups in total. The maximum absolute atomic E-state index is 13.3. The molecule has 2 unspecified atom stereocenters. The van der Waals surface area contributed by atoms with Crippen LogP contribution in [-0.4, -0.2) is 47.1 Å². The van der Waals surface area contributed by atoms with E-state index in [0.717, 1.165) is 11.1 Å². The molecule has 0 aliphatic carbocycles. The highest BCUT2D eigenvalue weighted by molar-refractivity contribution is 5.93. The number of nitrogens with one attached hydrogen (secondary N) is 3. The van der Waals surface area contributed by atoms with Crippen molar-refractivity contribution in [2.24, 2.45) is 11.8 Å². The van der Waals surface area contributed by atoms with Crippen LogP contribution in [0, 0.1) is 11.8 Å². The predicted molar refractivity (Wildman–Crippen MR) is 139 cm³/mol. The van der Waals surface area contributed by atoms with Crippen LogP contribution in [-0.2, 0) is 32.1 Å². The van der Waals surface area contributed by atoms with Crippen molar-refractivity contribution in [3.63, 3.8) is 0 Å². The number of carboxylic acids is 1. The molecule has 9 nitrogen and oxygen atoms in total. The minimum absolute atomic E-state index is 0.0373. The lowest BCUT2D eigenvalue weighted by atomic mass is 9.97. The average molecular weight is 512 g/mol. The first-order valence-electron chi connectivity index (χ1n) is 12.5. The van der Waals surface area contributed by atoms with Gasteiger partial charge in [-0.05, 0) is 23.0 Å². The third-order valence-corrected chi connectivity index (χ3v) is 6.13. The third-order valence-electron chi connectivity index (χ3n) is 6.13. The van der Waals surface area contributed by atoms with Crippen molar-refractivity contribution in [3.8, 4) is 0 Å². The van der Waals surface area contributed by atoms with Gasteiger partial charge in [-0.25, -0.2) is 9.59 Å². The van der Waals surface area contributed by atoms with E-state index in [1.165, 1.54) is 0 Å². The zero-order chi connectivity index (χ0) is 27.4. The van der Waals surface area contributed by atoms with Crippen LogP contribution in [0.15, 0.2) is 60.7 Å². The zero-order valence-corrected chi connectivity index (χ0v) is 21.8. The zero-order valence-electron chi connectivity index (χ0n) is 21.8. The lowest BCUT2D eigenvalue weighted by molar-refractivity contribution is -0.144. The standard InChI is InChI=1S/C28H37N3O6/c1-5-19(4)24(27(34)35)31-26(33)23(18(2)3)30-25(32)22(16-20-12-8-6-9-13-20)29-28(36)37-17-21-14-10-7-11-15-21/h6-15,18-19,22-24H,5,16-17H2,1-4H3,(H,29,36)(H,30,32)(H,31,33)(H,34,35)/t19?,22-,23-,24?/m0/s1. The van der Waals surface area contributed by atoms with Crippen molar-refractivity contribution >= 4 is 23.9 Å². The van der Waals surface area contributed by atoms with Gasteiger partial charge in [0.25, 0.3) is 0 Å². The molecule has 37 heavy (non-hydrogen) atoms. The fourth-order valence-corrected chi connectivity index (χ4v) is 3.68. The van der Waals surface area contributed by atoms with Crippen LogP contribution in [0.25, 0.3) is 0 Å². The van der Waals surface area contributed by atoms with Gasteiger partial charge in [0.05, 0.1) is 0 Å². The summed E-state index contributed by atoms with van der Waals surface area (Å²) >= 11 is 0. The Morgan fingerprint density at radius 1 is 0.784 bits per heavy atom. The number of carbonyl (C=O) groups excluding carboxylic acids is 3. The fraction of sp³-hybridized carbons (Fsp3) is 0.429. The average Bonchev–Trinajstić information content (AvgIpc) is 2.88. The normalized spacial score (nSPS) is 14.1. The fourth-order valence-electron chi connectivity index (χ4n) is 3.68. The molecule has 0 aliphatic rings. The molecule has 0 saturated heterocycles. The number of alkyl carbamates (subject to hydrolysis) is 1. The number of rotatable bonds is 13. The van der Waals surface area contributed by atoms with E-state index in [1.807, 2.05) is 67.6 Å². The van der Waals surface area contributed by atoms with Gasteiger partial charge in [0.1, 0.15) is 24.7 Å². The van der Waals surface area contributed by atoms with Crippen molar-refractivity contribution in [3.05, 3.63) is 71.8 Å². The Labute approximate surface area is 218 Å². The molecular weight excluding hydrogens is 474 g/mol. The Balaban J connectivity index is 2.14. The van der Waals surface area contributed by atoms with Crippen LogP contribution in [0.3, 0.4) is 0 Å². The number of carboxylic acid groups (broad SMARTS) is 1. The number of aliphatic carboxylic acids is 1. The first-order valence-corrected chi connectivity index (χ1v) is 12.5. The third kappa shape index (κ3) is 9.59. The number of carbonyl (C=O) groups is 4. The Morgan fingerprint density at radius 2 is 1.32 bits per heavy atom. The summed E-state index contributed by atoms with van der Waals surface area (Å²) in [6.45, 7) is 7.11. The van der Waals surface area contributed by atoms with Crippen LogP contribution < -0.4 is 16.0 Å². The van der Waals surface area contributed by atoms with E-state index in [0.29, 0.717) is 6.42 Å². The Kier molecular flexibility index (Phi) is 11.6. The van der Waals surface area contributed by atoms with Gasteiger partial charge in [-0.2, -0.15) is 0 Å². The topological polar surface area (TPSA) is 134 Å². The molecule has 2 aromatic carbocycles. The highest BCUT2D eigenvalue weighted by Gasteiger charge is 2.33. The molecular formula is C28H37N3O6. The molecule has 0 saturated carbocycles. The molecule has 4 atom stereocenters. The quantitative estimate of drug-likeness (QED) is 0.326. The van der Waals surface area contributed by atoms with Gasteiger partial charge in [0, 0.05) is 6.42 Å². The summed E-state index contributed by atoms with van der Waals surface area (Å²) in [5, 5.41) is 17.4. The van der Waals surface area contributed by atoms with Crippen LogP contribution in [0.5, 0.6) is 0 Å². The molecule has 0 aliphatic heterocycles. The second-order valence-corrected chi connectivity index (χ2v) is 9.39. The van der Waals surface area contributed by atoms with Crippen molar-refractivity contribution in [1.82, 2.24) is 16.0 Å². The van der Waals surface area contributed by atoms with Gasteiger partial charge in [-0.1, -0.05) is 94.8 Å². The molecule has 0 bridgehead atoms. The second-order valence-electron chi connectivity index (χ2n) is 9.39. The van der Waals surface area contributed by atoms with E-state index in [-0.39, 0.29) is 24.9 Å². The molecule has 2 rings (SSSR count). The van der Waals surface area contributed by atoms with Crippen LogP contribution in [0.1, 0.15) is 45.2 Å². The Bertz CT molecular complexity index is 1030. The van der Waals surface area contributed by atoms with Gasteiger partial charge in [-0.15, -0.1) is 0 Å². The number of hydrogen-bond donors (Lipinski definition) is 4. The number of hydrogen-bond acceptors (Lipinski definition) is 5. The maximum Gasteiger partial charge on any atom is 0.408 e. The summed E-state index contributed by atoms with van der Waals surface area (Å²) in [6.07, 6.45) is -0.0398. The monoisotopic (exact) mass is 511 g/mol. The molecule has 0 aromatic heterocycles. The highest BCUT2D eigenvalue weighted by Crippen LogP contribution is 2.11. The molecule has 9 heteroatoms.